The minimum Gasteiger partial charge on any atom is -0.378 e. The summed E-state index contributed by atoms with van der Waals surface area (Å²) < 4.78 is 12.7. The van der Waals surface area contributed by atoms with Crippen molar-refractivity contribution in [3.8, 4) is 0 Å². The summed E-state index contributed by atoms with van der Waals surface area (Å²) in [5, 5.41) is 3.01. The maximum absolute atomic E-state index is 12.7. The minimum absolute atomic E-state index is 0.0612. The number of hydrogen-bond acceptors (Lipinski definition) is 2. The molecule has 0 amide bonds. The molecule has 2 nitrogen and oxygen atoms in total. The van der Waals surface area contributed by atoms with Crippen LogP contribution < -0.4 is 5.32 Å². The lowest BCUT2D eigenvalue weighted by Crippen LogP contribution is -2.13. The van der Waals surface area contributed by atoms with Crippen LogP contribution in [0.15, 0.2) is 54.6 Å². The zero-order valence-electron chi connectivity index (χ0n) is 9.19. The lowest BCUT2D eigenvalue weighted by molar-refractivity contribution is 0.101. The first-order chi connectivity index (χ1) is 8.25. The second kappa shape index (κ2) is 5.25. The van der Waals surface area contributed by atoms with Gasteiger partial charge in [0.25, 0.3) is 0 Å². The van der Waals surface area contributed by atoms with E-state index in [2.05, 4.69) is 5.32 Å². The predicted molar refractivity (Wildman–Crippen MR) is 65.7 cm³/mol. The van der Waals surface area contributed by atoms with Crippen LogP contribution in [0.2, 0.25) is 0 Å². The molecule has 0 aromatic heterocycles. The van der Waals surface area contributed by atoms with Gasteiger partial charge >= 0.3 is 0 Å². The highest BCUT2D eigenvalue weighted by Gasteiger charge is 2.05. The Kier molecular flexibility index (Phi) is 3.50. The Balaban J connectivity index is 1.96. The van der Waals surface area contributed by atoms with Gasteiger partial charge in [0.1, 0.15) is 5.82 Å². The van der Waals surface area contributed by atoms with Crippen LogP contribution in [0.4, 0.5) is 10.1 Å². The first-order valence-corrected chi connectivity index (χ1v) is 5.33. The zero-order chi connectivity index (χ0) is 12.1. The van der Waals surface area contributed by atoms with Crippen molar-refractivity contribution in [3.63, 3.8) is 0 Å². The third-order valence-electron chi connectivity index (χ3n) is 2.39. The molecule has 1 N–H and O–H groups in total. The second-order valence-electron chi connectivity index (χ2n) is 3.65. The number of para-hydroxylation sites is 1. The van der Waals surface area contributed by atoms with Crippen LogP contribution in [-0.4, -0.2) is 12.3 Å². The fourth-order valence-corrected chi connectivity index (χ4v) is 1.48. The van der Waals surface area contributed by atoms with Crippen molar-refractivity contribution in [1.29, 1.82) is 0 Å². The highest BCUT2D eigenvalue weighted by atomic mass is 19.1. The molecule has 0 unspecified atom stereocenters. The van der Waals surface area contributed by atoms with Crippen molar-refractivity contribution in [2.45, 2.75) is 0 Å². The van der Waals surface area contributed by atoms with E-state index in [1.807, 2.05) is 30.3 Å². The van der Waals surface area contributed by atoms with E-state index in [0.717, 1.165) is 5.69 Å². The van der Waals surface area contributed by atoms with Crippen molar-refractivity contribution in [2.75, 3.05) is 11.9 Å². The van der Waals surface area contributed by atoms with Crippen molar-refractivity contribution >= 4 is 11.5 Å². The van der Waals surface area contributed by atoms with Gasteiger partial charge in [-0.3, -0.25) is 4.79 Å². The van der Waals surface area contributed by atoms with Gasteiger partial charge in [0.15, 0.2) is 5.78 Å². The number of ketones is 1. The van der Waals surface area contributed by atoms with Gasteiger partial charge in [-0.05, 0) is 36.4 Å². The SMILES string of the molecule is O=C(CNc1ccccc1)c1ccc(F)cc1. The standard InChI is InChI=1S/C14H12FNO/c15-12-8-6-11(7-9-12)14(17)10-16-13-4-2-1-3-5-13/h1-9,16H,10H2. The summed E-state index contributed by atoms with van der Waals surface area (Å²) in [6.07, 6.45) is 0. The van der Waals surface area contributed by atoms with E-state index in [4.69, 9.17) is 0 Å². The number of rotatable bonds is 4. The third-order valence-corrected chi connectivity index (χ3v) is 2.39. The molecule has 2 aromatic carbocycles. The van der Waals surface area contributed by atoms with E-state index in [1.165, 1.54) is 24.3 Å². The Morgan fingerprint density at radius 3 is 2.29 bits per heavy atom. The van der Waals surface area contributed by atoms with Gasteiger partial charge in [-0.15, -0.1) is 0 Å². The van der Waals surface area contributed by atoms with Gasteiger partial charge in [-0.1, -0.05) is 18.2 Å². The highest BCUT2D eigenvalue weighted by Crippen LogP contribution is 2.07. The molecule has 0 atom stereocenters. The summed E-state index contributed by atoms with van der Waals surface area (Å²) in [6.45, 7) is 0.204. The van der Waals surface area contributed by atoms with Gasteiger partial charge < -0.3 is 5.32 Å². The Morgan fingerprint density at radius 1 is 1.00 bits per heavy atom. The molecule has 0 bridgehead atoms. The van der Waals surface area contributed by atoms with E-state index in [0.29, 0.717) is 5.56 Å². The summed E-state index contributed by atoms with van der Waals surface area (Å²) in [6, 6.07) is 15.0. The predicted octanol–water partition coefficient (Wildman–Crippen LogP) is 3.12. The molecular weight excluding hydrogens is 217 g/mol. The monoisotopic (exact) mass is 229 g/mol. The molecule has 0 aliphatic heterocycles. The first-order valence-electron chi connectivity index (χ1n) is 5.33. The lowest BCUT2D eigenvalue weighted by atomic mass is 10.1. The van der Waals surface area contributed by atoms with E-state index >= 15 is 0 Å². The third kappa shape index (κ3) is 3.14. The number of Topliss-reactive ketones (excluding diaryl/α,β-unsaturated/α-hetero) is 1. The number of hydrogen-bond donors (Lipinski definition) is 1. The topological polar surface area (TPSA) is 29.1 Å². The average Bonchev–Trinajstić information content (AvgIpc) is 2.38. The number of anilines is 1. The van der Waals surface area contributed by atoms with Crippen molar-refractivity contribution in [3.05, 3.63) is 66.0 Å². The normalized spacial score (nSPS) is 9.94. The number of nitrogens with one attached hydrogen (secondary N) is 1. The molecule has 0 radical (unpaired) electrons. The molecule has 0 spiro atoms. The number of carbonyl (C=O) groups is 1. The largest absolute Gasteiger partial charge is 0.378 e. The van der Waals surface area contributed by atoms with E-state index in [9.17, 15) is 9.18 Å². The Hall–Kier alpha value is -2.16. The Labute approximate surface area is 99.1 Å². The van der Waals surface area contributed by atoms with Crippen LogP contribution in [0.3, 0.4) is 0 Å². The summed E-state index contributed by atoms with van der Waals surface area (Å²) in [5.74, 6) is -0.397. The van der Waals surface area contributed by atoms with Gasteiger partial charge in [-0.25, -0.2) is 4.39 Å². The molecule has 86 valence electrons. The maximum atomic E-state index is 12.7. The van der Waals surface area contributed by atoms with E-state index in [1.54, 1.807) is 0 Å². The Bertz CT molecular complexity index is 493. The first kappa shape index (κ1) is 11.3. The lowest BCUT2D eigenvalue weighted by Gasteiger charge is -2.05. The van der Waals surface area contributed by atoms with Gasteiger partial charge in [0, 0.05) is 11.3 Å². The van der Waals surface area contributed by atoms with E-state index < -0.39 is 0 Å². The molecule has 0 heterocycles. The summed E-state index contributed by atoms with van der Waals surface area (Å²) in [7, 11) is 0. The van der Waals surface area contributed by atoms with Gasteiger partial charge in [-0.2, -0.15) is 0 Å². The minimum atomic E-state index is -0.336. The molecule has 0 saturated heterocycles. The number of benzene rings is 2. The Morgan fingerprint density at radius 2 is 1.65 bits per heavy atom. The van der Waals surface area contributed by atoms with Crippen molar-refractivity contribution < 1.29 is 9.18 Å². The van der Waals surface area contributed by atoms with Crippen LogP contribution in [0.25, 0.3) is 0 Å². The van der Waals surface area contributed by atoms with Crippen LogP contribution in [-0.2, 0) is 0 Å². The maximum Gasteiger partial charge on any atom is 0.181 e. The molecule has 0 aliphatic carbocycles. The molecular formula is C14H12FNO. The molecule has 0 aliphatic rings. The summed E-state index contributed by atoms with van der Waals surface area (Å²) in [5.41, 5.74) is 1.40. The van der Waals surface area contributed by atoms with Gasteiger partial charge in [0.2, 0.25) is 0 Å². The number of halogens is 1. The van der Waals surface area contributed by atoms with E-state index in [-0.39, 0.29) is 18.1 Å². The summed E-state index contributed by atoms with van der Waals surface area (Å²) >= 11 is 0. The molecule has 0 fully saturated rings. The molecule has 3 heteroatoms. The molecule has 2 aromatic rings. The molecule has 2 rings (SSSR count). The fourth-order valence-electron chi connectivity index (χ4n) is 1.48. The smallest absolute Gasteiger partial charge is 0.181 e. The van der Waals surface area contributed by atoms with Crippen LogP contribution >= 0.6 is 0 Å². The molecule has 0 saturated carbocycles. The fraction of sp³-hybridized carbons (Fsp3) is 0.0714. The molecule has 17 heavy (non-hydrogen) atoms. The average molecular weight is 229 g/mol. The zero-order valence-corrected chi connectivity index (χ0v) is 9.19. The van der Waals surface area contributed by atoms with Crippen molar-refractivity contribution in [1.82, 2.24) is 0 Å². The van der Waals surface area contributed by atoms with Gasteiger partial charge in [0.05, 0.1) is 6.54 Å². The van der Waals surface area contributed by atoms with Crippen LogP contribution in [0.1, 0.15) is 10.4 Å². The summed E-state index contributed by atoms with van der Waals surface area (Å²) in [4.78, 5) is 11.7. The number of carbonyl (C=O) groups excluding carboxylic acids is 1. The van der Waals surface area contributed by atoms with Crippen LogP contribution in [0, 0.1) is 5.82 Å². The highest BCUT2D eigenvalue weighted by molar-refractivity contribution is 5.98. The van der Waals surface area contributed by atoms with Crippen LogP contribution in [0.5, 0.6) is 0 Å². The van der Waals surface area contributed by atoms with Crippen molar-refractivity contribution in [2.24, 2.45) is 0 Å². The second-order valence-corrected chi connectivity index (χ2v) is 3.65. The quantitative estimate of drug-likeness (QED) is 0.816.